The lowest BCUT2D eigenvalue weighted by molar-refractivity contribution is 0.413. The summed E-state index contributed by atoms with van der Waals surface area (Å²) in [6.07, 6.45) is 5.01. The molecule has 0 fully saturated rings. The van der Waals surface area contributed by atoms with E-state index in [0.717, 1.165) is 29.2 Å². The van der Waals surface area contributed by atoms with Crippen molar-refractivity contribution in [1.29, 1.82) is 5.41 Å². The first kappa shape index (κ1) is 20.9. The van der Waals surface area contributed by atoms with Crippen LogP contribution in [0.4, 0.5) is 0 Å². The summed E-state index contributed by atoms with van der Waals surface area (Å²) in [6, 6.07) is 16.2. The van der Waals surface area contributed by atoms with Gasteiger partial charge in [-0.1, -0.05) is 55.9 Å². The first-order valence-corrected chi connectivity index (χ1v) is 10.6. The Bertz CT molecular complexity index is 991. The highest BCUT2D eigenvalue weighted by atomic mass is 32.2. The molecule has 29 heavy (non-hydrogen) atoms. The quantitative estimate of drug-likeness (QED) is 0.417. The van der Waals surface area contributed by atoms with Crippen molar-refractivity contribution >= 4 is 29.4 Å². The Balaban J connectivity index is 1.94. The van der Waals surface area contributed by atoms with Crippen LogP contribution in [-0.4, -0.2) is 19.0 Å². The lowest BCUT2D eigenvalue weighted by atomic mass is 9.92. The zero-order valence-corrected chi connectivity index (χ0v) is 17.9. The first-order chi connectivity index (χ1) is 14.1. The van der Waals surface area contributed by atoms with E-state index in [-0.39, 0.29) is 0 Å². The number of nitrogens with one attached hydrogen (secondary N) is 1. The molecule has 0 radical (unpaired) electrons. The van der Waals surface area contributed by atoms with Crippen LogP contribution in [0.15, 0.2) is 75.1 Å². The standard InChI is InChI=1S/C24H27N3OS/c1-4-19-20(5-2)24(22-12-7-6-11-21(19)22)27-16(15-25)13-23(26)29-18-10-8-9-17(14-18)28-3/h6-15,19,25H,4-5,26H2,1-3H3. The summed E-state index contributed by atoms with van der Waals surface area (Å²) in [7, 11) is 1.64. The molecule has 5 heteroatoms. The normalized spacial score (nSPS) is 16.7. The number of nitrogens with zero attached hydrogens (tertiary/aromatic N) is 1. The third-order valence-electron chi connectivity index (χ3n) is 5.06. The molecule has 1 unspecified atom stereocenters. The zero-order valence-electron chi connectivity index (χ0n) is 17.1. The molecular formula is C24H27N3OS. The minimum Gasteiger partial charge on any atom is -0.497 e. The van der Waals surface area contributed by atoms with Crippen LogP contribution in [0.2, 0.25) is 0 Å². The molecule has 0 heterocycles. The van der Waals surface area contributed by atoms with Crippen LogP contribution in [-0.2, 0) is 0 Å². The van der Waals surface area contributed by atoms with E-state index in [4.69, 9.17) is 20.9 Å². The SMILES string of the molecule is CCC1=C(N=C(C=N)C=C(N)Sc2cccc(OC)c2)c2ccccc2C1CC. The molecule has 3 N–H and O–H groups in total. The summed E-state index contributed by atoms with van der Waals surface area (Å²) < 4.78 is 5.27. The summed E-state index contributed by atoms with van der Waals surface area (Å²) in [5.41, 5.74) is 11.6. The second-order valence-corrected chi connectivity index (χ2v) is 7.93. The van der Waals surface area contributed by atoms with Crippen molar-refractivity contribution in [2.24, 2.45) is 10.7 Å². The van der Waals surface area contributed by atoms with Crippen molar-refractivity contribution in [3.8, 4) is 5.75 Å². The topological polar surface area (TPSA) is 71.5 Å². The van der Waals surface area contributed by atoms with Gasteiger partial charge in [0.05, 0.1) is 23.5 Å². The molecule has 0 aromatic heterocycles. The Morgan fingerprint density at radius 2 is 2.00 bits per heavy atom. The van der Waals surface area contributed by atoms with Crippen molar-refractivity contribution in [3.05, 3.63) is 76.3 Å². The summed E-state index contributed by atoms with van der Waals surface area (Å²) >= 11 is 1.43. The number of thioether (sulfide) groups is 1. The van der Waals surface area contributed by atoms with Crippen LogP contribution in [0.3, 0.4) is 0 Å². The molecule has 0 aliphatic heterocycles. The Kier molecular flexibility index (Phi) is 6.94. The van der Waals surface area contributed by atoms with Crippen molar-refractivity contribution in [2.45, 2.75) is 37.5 Å². The Morgan fingerprint density at radius 3 is 2.69 bits per heavy atom. The van der Waals surface area contributed by atoms with Gasteiger partial charge in [0.25, 0.3) is 0 Å². The Hall–Kier alpha value is -2.79. The molecule has 0 spiro atoms. The Morgan fingerprint density at radius 1 is 1.21 bits per heavy atom. The molecule has 1 atom stereocenters. The smallest absolute Gasteiger partial charge is 0.119 e. The average molecular weight is 406 g/mol. The average Bonchev–Trinajstić information content (AvgIpc) is 3.05. The third kappa shape index (κ3) is 4.62. The van der Waals surface area contributed by atoms with Gasteiger partial charge in [-0.25, -0.2) is 4.99 Å². The molecule has 3 rings (SSSR count). The number of ether oxygens (including phenoxy) is 1. The first-order valence-electron chi connectivity index (χ1n) is 9.81. The van der Waals surface area contributed by atoms with Gasteiger partial charge in [-0.2, -0.15) is 0 Å². The molecule has 2 aromatic carbocycles. The molecule has 0 amide bonds. The van der Waals surface area contributed by atoms with Gasteiger partial charge in [-0.3, -0.25) is 0 Å². The maximum atomic E-state index is 7.86. The number of fused-ring (bicyclic) bond motifs is 1. The lowest BCUT2D eigenvalue weighted by Gasteiger charge is -2.12. The second kappa shape index (κ2) is 9.61. The van der Waals surface area contributed by atoms with Crippen LogP contribution >= 0.6 is 11.8 Å². The van der Waals surface area contributed by atoms with E-state index in [1.165, 1.54) is 34.7 Å². The highest BCUT2D eigenvalue weighted by Crippen LogP contribution is 2.45. The molecule has 4 nitrogen and oxygen atoms in total. The molecule has 0 saturated carbocycles. The predicted octanol–water partition coefficient (Wildman–Crippen LogP) is 6.01. The summed E-state index contributed by atoms with van der Waals surface area (Å²) in [6.45, 7) is 4.39. The van der Waals surface area contributed by atoms with Crippen molar-refractivity contribution in [1.82, 2.24) is 0 Å². The largest absolute Gasteiger partial charge is 0.497 e. The fraction of sp³-hybridized carbons (Fsp3) is 0.250. The van der Waals surface area contributed by atoms with E-state index in [9.17, 15) is 0 Å². The predicted molar refractivity (Wildman–Crippen MR) is 124 cm³/mol. The number of aliphatic imine (C=N–C) groups is 1. The number of methoxy groups -OCH3 is 1. The van der Waals surface area contributed by atoms with Crippen molar-refractivity contribution in [2.75, 3.05) is 7.11 Å². The minimum atomic E-state index is 0.398. The third-order valence-corrected chi connectivity index (χ3v) is 5.90. The van der Waals surface area contributed by atoms with Gasteiger partial charge >= 0.3 is 0 Å². The van der Waals surface area contributed by atoms with Crippen LogP contribution < -0.4 is 10.5 Å². The maximum Gasteiger partial charge on any atom is 0.119 e. The molecule has 1 aliphatic carbocycles. The molecule has 0 bridgehead atoms. The fourth-order valence-electron chi connectivity index (χ4n) is 3.77. The molecule has 0 saturated heterocycles. The second-order valence-electron chi connectivity index (χ2n) is 6.78. The van der Waals surface area contributed by atoms with Crippen LogP contribution in [0, 0.1) is 5.41 Å². The van der Waals surface area contributed by atoms with E-state index in [0.29, 0.717) is 16.7 Å². The molecule has 2 aromatic rings. The Labute approximate surface area is 177 Å². The van der Waals surface area contributed by atoms with Gasteiger partial charge in [-0.15, -0.1) is 0 Å². The minimum absolute atomic E-state index is 0.398. The van der Waals surface area contributed by atoms with Crippen molar-refractivity contribution < 1.29 is 4.74 Å². The van der Waals surface area contributed by atoms with Crippen LogP contribution in [0.5, 0.6) is 5.75 Å². The number of benzene rings is 2. The van der Waals surface area contributed by atoms with Crippen LogP contribution in [0.25, 0.3) is 5.70 Å². The van der Waals surface area contributed by atoms with Crippen molar-refractivity contribution in [3.63, 3.8) is 0 Å². The van der Waals surface area contributed by atoms with Crippen LogP contribution in [0.1, 0.15) is 43.7 Å². The van der Waals surface area contributed by atoms with E-state index in [1.54, 1.807) is 13.2 Å². The monoisotopic (exact) mass is 405 g/mol. The fourth-order valence-corrected chi connectivity index (χ4v) is 4.54. The van der Waals surface area contributed by atoms with Gasteiger partial charge in [-0.05, 0) is 48.3 Å². The number of rotatable bonds is 8. The van der Waals surface area contributed by atoms with Gasteiger partial charge in [0.15, 0.2) is 0 Å². The van der Waals surface area contributed by atoms with E-state index in [2.05, 4.69) is 32.0 Å². The molecular weight excluding hydrogens is 378 g/mol. The summed E-state index contributed by atoms with van der Waals surface area (Å²) in [4.78, 5) is 5.84. The summed E-state index contributed by atoms with van der Waals surface area (Å²) in [5.74, 6) is 1.18. The van der Waals surface area contributed by atoms with Gasteiger partial charge in [0, 0.05) is 22.6 Å². The van der Waals surface area contributed by atoms with E-state index in [1.807, 2.05) is 30.3 Å². The summed E-state index contributed by atoms with van der Waals surface area (Å²) in [5, 5.41) is 8.44. The number of hydrogen-bond acceptors (Lipinski definition) is 5. The number of allylic oxidation sites excluding steroid dienone is 2. The highest BCUT2D eigenvalue weighted by molar-refractivity contribution is 8.03. The van der Waals surface area contributed by atoms with Gasteiger partial charge in [0.2, 0.25) is 0 Å². The molecule has 1 aliphatic rings. The van der Waals surface area contributed by atoms with E-state index < -0.39 is 0 Å². The lowest BCUT2D eigenvalue weighted by Crippen LogP contribution is -2.02. The van der Waals surface area contributed by atoms with Gasteiger partial charge < -0.3 is 15.9 Å². The maximum absolute atomic E-state index is 7.86. The molecule has 150 valence electrons. The van der Waals surface area contributed by atoms with Gasteiger partial charge in [0.1, 0.15) is 5.75 Å². The number of nitrogens with two attached hydrogens (primary N) is 1. The van der Waals surface area contributed by atoms with E-state index >= 15 is 0 Å². The highest BCUT2D eigenvalue weighted by Gasteiger charge is 2.28. The number of hydrogen-bond donors (Lipinski definition) is 2. The zero-order chi connectivity index (χ0) is 20.8.